The van der Waals surface area contributed by atoms with E-state index in [1.807, 2.05) is 0 Å². The van der Waals surface area contributed by atoms with E-state index in [1.165, 1.54) is 0 Å². The van der Waals surface area contributed by atoms with Crippen LogP contribution in [0.1, 0.15) is 39.0 Å². The van der Waals surface area contributed by atoms with Gasteiger partial charge in [0, 0.05) is 12.0 Å². The van der Waals surface area contributed by atoms with E-state index in [4.69, 9.17) is 14.6 Å². The highest BCUT2D eigenvalue weighted by molar-refractivity contribution is 5.68. The zero-order valence-corrected chi connectivity index (χ0v) is 10.0. The molecule has 1 fully saturated rings. The number of carboxylic acid groups (broad SMARTS) is 1. The quantitative estimate of drug-likeness (QED) is 0.584. The molecule has 0 aromatic carbocycles. The Morgan fingerprint density at radius 3 is 2.50 bits per heavy atom. The van der Waals surface area contributed by atoms with Gasteiger partial charge in [0.25, 0.3) is 0 Å². The lowest BCUT2D eigenvalue weighted by Gasteiger charge is -2.12. The van der Waals surface area contributed by atoms with Gasteiger partial charge in [-0.2, -0.15) is 0 Å². The molecule has 0 aromatic heterocycles. The van der Waals surface area contributed by atoms with Gasteiger partial charge in [0.1, 0.15) is 0 Å². The predicted molar refractivity (Wildman–Crippen MR) is 60.5 cm³/mol. The van der Waals surface area contributed by atoms with Gasteiger partial charge in [-0.25, -0.2) is 0 Å². The Balaban J connectivity index is 1.93. The number of aliphatic carboxylic acids is 1. The zero-order valence-electron chi connectivity index (χ0n) is 10.0. The lowest BCUT2D eigenvalue weighted by atomic mass is 10.0. The molecule has 0 atom stereocenters. The highest BCUT2D eigenvalue weighted by Crippen LogP contribution is 2.48. The summed E-state index contributed by atoms with van der Waals surface area (Å²) in [5.74, 6) is -0.722. The van der Waals surface area contributed by atoms with Crippen LogP contribution in [-0.2, 0) is 14.3 Å². The third-order valence-electron chi connectivity index (χ3n) is 2.91. The summed E-state index contributed by atoms with van der Waals surface area (Å²) in [5.41, 5.74) is -0.0603. The molecule has 0 spiro atoms. The molecule has 4 nitrogen and oxygen atoms in total. The second-order valence-electron chi connectivity index (χ2n) is 4.59. The minimum atomic E-state index is -0.722. The molecule has 0 aromatic rings. The van der Waals surface area contributed by atoms with E-state index in [-0.39, 0.29) is 11.8 Å². The van der Waals surface area contributed by atoms with Gasteiger partial charge in [-0.3, -0.25) is 4.79 Å². The summed E-state index contributed by atoms with van der Waals surface area (Å²) in [6, 6.07) is 0. The normalized spacial score (nSPS) is 17.3. The summed E-state index contributed by atoms with van der Waals surface area (Å²) in [5, 5.41) is 8.71. The van der Waals surface area contributed by atoms with Gasteiger partial charge in [-0.05, 0) is 19.3 Å². The summed E-state index contributed by atoms with van der Waals surface area (Å²) in [4.78, 5) is 10.6. The van der Waals surface area contributed by atoms with E-state index in [0.717, 1.165) is 32.3 Å². The average molecular weight is 230 g/mol. The first-order valence-electron chi connectivity index (χ1n) is 6.06. The van der Waals surface area contributed by atoms with Crippen molar-refractivity contribution in [1.82, 2.24) is 0 Å². The Bertz CT molecular complexity index is 211. The standard InChI is InChI=1S/C12H22O4/c1-2-3-6-15-7-8-16-10-12(4-5-12)9-11(13)14/h2-10H2,1H3,(H,13,14). The van der Waals surface area contributed by atoms with Crippen LogP contribution in [-0.4, -0.2) is 37.5 Å². The summed E-state index contributed by atoms with van der Waals surface area (Å²) < 4.78 is 10.8. The monoisotopic (exact) mass is 230 g/mol. The minimum absolute atomic E-state index is 0.0603. The molecule has 0 radical (unpaired) electrons. The lowest BCUT2D eigenvalue weighted by Crippen LogP contribution is -2.17. The molecule has 4 heteroatoms. The van der Waals surface area contributed by atoms with E-state index >= 15 is 0 Å². The number of carbonyl (C=O) groups is 1. The number of carboxylic acids is 1. The van der Waals surface area contributed by atoms with E-state index in [2.05, 4.69) is 6.92 Å². The van der Waals surface area contributed by atoms with Gasteiger partial charge >= 0.3 is 5.97 Å². The van der Waals surface area contributed by atoms with Crippen molar-refractivity contribution in [3.63, 3.8) is 0 Å². The van der Waals surface area contributed by atoms with Crippen molar-refractivity contribution in [3.8, 4) is 0 Å². The van der Waals surface area contributed by atoms with Gasteiger partial charge < -0.3 is 14.6 Å². The molecule has 0 unspecified atom stereocenters. The summed E-state index contributed by atoms with van der Waals surface area (Å²) >= 11 is 0. The summed E-state index contributed by atoms with van der Waals surface area (Å²) in [6.45, 7) is 4.67. The van der Waals surface area contributed by atoms with E-state index in [9.17, 15) is 4.79 Å². The predicted octanol–water partition coefficient (Wildman–Crippen LogP) is 2.07. The third-order valence-corrected chi connectivity index (χ3v) is 2.91. The van der Waals surface area contributed by atoms with Crippen LogP contribution in [0.5, 0.6) is 0 Å². The fourth-order valence-electron chi connectivity index (χ4n) is 1.62. The zero-order chi connectivity index (χ0) is 11.9. The van der Waals surface area contributed by atoms with Gasteiger partial charge in [0.2, 0.25) is 0 Å². The van der Waals surface area contributed by atoms with E-state index < -0.39 is 5.97 Å². The molecule has 16 heavy (non-hydrogen) atoms. The Kier molecular flexibility index (Phi) is 5.77. The van der Waals surface area contributed by atoms with Crippen molar-refractivity contribution in [2.45, 2.75) is 39.0 Å². The van der Waals surface area contributed by atoms with Crippen molar-refractivity contribution in [3.05, 3.63) is 0 Å². The first-order valence-corrected chi connectivity index (χ1v) is 6.06. The molecule has 0 heterocycles. The van der Waals surface area contributed by atoms with Crippen molar-refractivity contribution < 1.29 is 19.4 Å². The number of unbranched alkanes of at least 4 members (excludes halogenated alkanes) is 1. The maximum Gasteiger partial charge on any atom is 0.303 e. The largest absolute Gasteiger partial charge is 0.481 e. The minimum Gasteiger partial charge on any atom is -0.481 e. The SMILES string of the molecule is CCCCOCCOCC1(CC(=O)O)CC1. The Hall–Kier alpha value is -0.610. The number of hydrogen-bond acceptors (Lipinski definition) is 3. The van der Waals surface area contributed by atoms with Crippen LogP contribution < -0.4 is 0 Å². The van der Waals surface area contributed by atoms with E-state index in [1.54, 1.807) is 0 Å². The molecular weight excluding hydrogens is 208 g/mol. The first-order chi connectivity index (χ1) is 7.68. The second kappa shape index (κ2) is 6.86. The van der Waals surface area contributed by atoms with Crippen molar-refractivity contribution >= 4 is 5.97 Å². The average Bonchev–Trinajstić information content (AvgIpc) is 2.96. The molecule has 0 amide bonds. The molecule has 0 bridgehead atoms. The fraction of sp³-hybridized carbons (Fsp3) is 0.917. The van der Waals surface area contributed by atoms with Crippen LogP contribution >= 0.6 is 0 Å². The van der Waals surface area contributed by atoms with Gasteiger partial charge in [0.05, 0.1) is 26.2 Å². The molecular formula is C12H22O4. The van der Waals surface area contributed by atoms with Crippen molar-refractivity contribution in [2.75, 3.05) is 26.4 Å². The van der Waals surface area contributed by atoms with E-state index in [0.29, 0.717) is 19.8 Å². The fourth-order valence-corrected chi connectivity index (χ4v) is 1.62. The van der Waals surface area contributed by atoms with Crippen molar-refractivity contribution in [2.24, 2.45) is 5.41 Å². The molecule has 1 aliphatic rings. The van der Waals surface area contributed by atoms with Crippen LogP contribution in [0.3, 0.4) is 0 Å². The third kappa shape index (κ3) is 5.47. The van der Waals surface area contributed by atoms with Crippen LogP contribution in [0.4, 0.5) is 0 Å². The van der Waals surface area contributed by atoms with Gasteiger partial charge in [0.15, 0.2) is 0 Å². The maximum absolute atomic E-state index is 10.6. The molecule has 1 aliphatic carbocycles. The number of hydrogen-bond donors (Lipinski definition) is 1. The molecule has 1 rings (SSSR count). The van der Waals surface area contributed by atoms with Gasteiger partial charge in [-0.15, -0.1) is 0 Å². The number of ether oxygens (including phenoxy) is 2. The molecule has 0 saturated heterocycles. The summed E-state index contributed by atoms with van der Waals surface area (Å²) in [6.07, 6.45) is 4.43. The highest BCUT2D eigenvalue weighted by atomic mass is 16.5. The van der Waals surface area contributed by atoms with Crippen LogP contribution in [0.15, 0.2) is 0 Å². The summed E-state index contributed by atoms with van der Waals surface area (Å²) in [7, 11) is 0. The molecule has 0 aliphatic heterocycles. The Labute approximate surface area is 96.9 Å². The highest BCUT2D eigenvalue weighted by Gasteiger charge is 2.44. The Morgan fingerprint density at radius 2 is 1.94 bits per heavy atom. The van der Waals surface area contributed by atoms with Gasteiger partial charge in [-0.1, -0.05) is 13.3 Å². The number of rotatable bonds is 10. The molecule has 94 valence electrons. The first kappa shape index (κ1) is 13.5. The van der Waals surface area contributed by atoms with Crippen LogP contribution in [0.2, 0.25) is 0 Å². The lowest BCUT2D eigenvalue weighted by molar-refractivity contribution is -0.139. The van der Waals surface area contributed by atoms with Crippen molar-refractivity contribution in [1.29, 1.82) is 0 Å². The smallest absolute Gasteiger partial charge is 0.303 e. The second-order valence-corrected chi connectivity index (χ2v) is 4.59. The topological polar surface area (TPSA) is 55.8 Å². The van der Waals surface area contributed by atoms with Crippen LogP contribution in [0, 0.1) is 5.41 Å². The molecule has 1 saturated carbocycles. The van der Waals surface area contributed by atoms with Crippen LogP contribution in [0.25, 0.3) is 0 Å². The maximum atomic E-state index is 10.6. The Morgan fingerprint density at radius 1 is 1.25 bits per heavy atom. The molecule has 1 N–H and O–H groups in total.